The van der Waals surface area contributed by atoms with E-state index >= 15 is 0 Å². The van der Waals surface area contributed by atoms with Crippen LogP contribution in [0.3, 0.4) is 0 Å². The molecule has 0 saturated heterocycles. The van der Waals surface area contributed by atoms with E-state index in [0.29, 0.717) is 12.3 Å². The summed E-state index contributed by atoms with van der Waals surface area (Å²) in [6.45, 7) is 3.68. The Morgan fingerprint density at radius 2 is 1.67 bits per heavy atom. The first-order chi connectivity index (χ1) is 6.95. The molecule has 1 saturated carbocycles. The van der Waals surface area contributed by atoms with Gasteiger partial charge in [0.05, 0.1) is 5.54 Å². The van der Waals surface area contributed by atoms with Crippen LogP contribution in [0.15, 0.2) is 0 Å². The Labute approximate surface area is 91.4 Å². The molecule has 0 aliphatic heterocycles. The molecule has 2 N–H and O–H groups in total. The first kappa shape index (κ1) is 12.9. The normalized spacial score (nSPS) is 31.6. The summed E-state index contributed by atoms with van der Waals surface area (Å²) in [5.41, 5.74) is 4.32. The van der Waals surface area contributed by atoms with Crippen molar-refractivity contribution >= 4 is 0 Å². The Bertz CT molecular complexity index is 184. The van der Waals surface area contributed by atoms with Crippen molar-refractivity contribution in [3.8, 4) is 0 Å². The smallest absolute Gasteiger partial charge is 0.256 e. The first-order valence-corrected chi connectivity index (χ1v) is 6.02. The average molecular weight is 219 g/mol. The first-order valence-electron chi connectivity index (χ1n) is 6.02. The van der Waals surface area contributed by atoms with Crippen molar-refractivity contribution in [1.29, 1.82) is 0 Å². The molecule has 0 bridgehead atoms. The van der Waals surface area contributed by atoms with Crippen LogP contribution in [0.1, 0.15) is 52.4 Å². The van der Waals surface area contributed by atoms with Crippen LogP contribution in [0.2, 0.25) is 0 Å². The Hall–Kier alpha value is -0.180. The lowest BCUT2D eigenvalue weighted by Gasteiger charge is -2.33. The molecule has 0 aromatic rings. The summed E-state index contributed by atoms with van der Waals surface area (Å²) in [6, 6.07) is 0. The van der Waals surface area contributed by atoms with Crippen molar-refractivity contribution < 1.29 is 8.78 Å². The van der Waals surface area contributed by atoms with Gasteiger partial charge in [-0.05, 0) is 25.2 Å². The molecule has 0 amide bonds. The third-order valence-corrected chi connectivity index (χ3v) is 3.77. The van der Waals surface area contributed by atoms with Crippen molar-refractivity contribution in [3.63, 3.8) is 0 Å². The van der Waals surface area contributed by atoms with Crippen LogP contribution in [-0.2, 0) is 0 Å². The molecule has 1 atom stereocenters. The summed E-state index contributed by atoms with van der Waals surface area (Å²) in [7, 11) is 0. The second-order valence-electron chi connectivity index (χ2n) is 5.31. The van der Waals surface area contributed by atoms with Gasteiger partial charge < -0.3 is 5.73 Å². The molecule has 0 aromatic carbocycles. The molecule has 1 aliphatic rings. The summed E-state index contributed by atoms with van der Waals surface area (Å²) >= 11 is 0. The van der Waals surface area contributed by atoms with Gasteiger partial charge in [-0.15, -0.1) is 0 Å². The molecule has 15 heavy (non-hydrogen) atoms. The minimum Gasteiger partial charge on any atom is -0.321 e. The molecule has 1 rings (SSSR count). The fraction of sp³-hybridized carbons (Fsp3) is 1.00. The summed E-state index contributed by atoms with van der Waals surface area (Å²) in [5.74, 6) is 1.23. The van der Waals surface area contributed by atoms with E-state index in [4.69, 9.17) is 5.73 Å². The molecule has 0 heterocycles. The Morgan fingerprint density at radius 1 is 1.20 bits per heavy atom. The maximum absolute atomic E-state index is 12.6. The molecule has 1 nitrogen and oxygen atoms in total. The maximum atomic E-state index is 12.6. The van der Waals surface area contributed by atoms with Crippen LogP contribution in [0.5, 0.6) is 0 Å². The van der Waals surface area contributed by atoms with Gasteiger partial charge >= 0.3 is 0 Å². The average Bonchev–Trinajstić information content (AvgIpc) is 2.18. The molecule has 1 fully saturated rings. The van der Waals surface area contributed by atoms with E-state index in [1.165, 1.54) is 26.2 Å². The van der Waals surface area contributed by atoms with Crippen molar-refractivity contribution in [2.24, 2.45) is 17.6 Å². The quantitative estimate of drug-likeness (QED) is 0.768. The second kappa shape index (κ2) is 5.24. The van der Waals surface area contributed by atoms with E-state index in [9.17, 15) is 8.78 Å². The molecule has 90 valence electrons. The van der Waals surface area contributed by atoms with Crippen LogP contribution < -0.4 is 5.73 Å². The lowest BCUT2D eigenvalue weighted by molar-refractivity contribution is 0.0430. The fourth-order valence-corrected chi connectivity index (χ4v) is 2.55. The zero-order valence-electron chi connectivity index (χ0n) is 9.81. The monoisotopic (exact) mass is 219 g/mol. The minimum atomic E-state index is -2.40. The van der Waals surface area contributed by atoms with Gasteiger partial charge in [0.25, 0.3) is 6.43 Å². The van der Waals surface area contributed by atoms with Crippen molar-refractivity contribution in [3.05, 3.63) is 0 Å². The van der Waals surface area contributed by atoms with Gasteiger partial charge in [0.1, 0.15) is 0 Å². The maximum Gasteiger partial charge on any atom is 0.256 e. The summed E-state index contributed by atoms with van der Waals surface area (Å²) in [5, 5.41) is 0. The summed E-state index contributed by atoms with van der Waals surface area (Å²) < 4.78 is 25.2. The predicted octanol–water partition coefficient (Wildman–Crippen LogP) is 3.58. The molecular weight excluding hydrogens is 196 g/mol. The highest BCUT2D eigenvalue weighted by atomic mass is 19.3. The highest BCUT2D eigenvalue weighted by Crippen LogP contribution is 2.35. The highest BCUT2D eigenvalue weighted by Gasteiger charge is 2.34. The number of hydrogen-bond acceptors (Lipinski definition) is 1. The van der Waals surface area contributed by atoms with Crippen molar-refractivity contribution in [2.75, 3.05) is 0 Å². The SMILES string of the molecule is CCC1CCC(CC(C)(N)C(F)F)CC1. The Morgan fingerprint density at radius 3 is 2.07 bits per heavy atom. The van der Waals surface area contributed by atoms with E-state index < -0.39 is 12.0 Å². The minimum absolute atomic E-state index is 0.414. The summed E-state index contributed by atoms with van der Waals surface area (Å²) in [4.78, 5) is 0. The standard InChI is InChI=1S/C12H23F2N/c1-3-9-4-6-10(7-5-9)8-12(2,15)11(13)14/h9-11H,3-8,15H2,1-2H3. The van der Waals surface area contributed by atoms with Crippen LogP contribution in [0, 0.1) is 11.8 Å². The predicted molar refractivity (Wildman–Crippen MR) is 59.0 cm³/mol. The fourth-order valence-electron chi connectivity index (χ4n) is 2.55. The van der Waals surface area contributed by atoms with Crippen LogP contribution in [0.4, 0.5) is 8.78 Å². The highest BCUT2D eigenvalue weighted by molar-refractivity contribution is 4.86. The topological polar surface area (TPSA) is 26.0 Å². The number of halogens is 2. The van der Waals surface area contributed by atoms with Gasteiger partial charge in [-0.3, -0.25) is 0 Å². The molecular formula is C12H23F2N. The van der Waals surface area contributed by atoms with Crippen LogP contribution in [0.25, 0.3) is 0 Å². The van der Waals surface area contributed by atoms with Gasteiger partial charge in [-0.1, -0.05) is 39.0 Å². The molecule has 3 heteroatoms. The lowest BCUT2D eigenvalue weighted by atomic mass is 9.76. The Kier molecular flexibility index (Phi) is 4.50. The van der Waals surface area contributed by atoms with Crippen molar-refractivity contribution in [2.45, 2.75) is 64.3 Å². The largest absolute Gasteiger partial charge is 0.321 e. The lowest BCUT2D eigenvalue weighted by Crippen LogP contribution is -2.45. The molecule has 0 radical (unpaired) electrons. The molecule has 0 spiro atoms. The summed E-state index contributed by atoms with van der Waals surface area (Å²) in [6.07, 6.45) is 3.85. The zero-order chi connectivity index (χ0) is 11.5. The van der Waals surface area contributed by atoms with E-state index in [1.807, 2.05) is 0 Å². The number of nitrogens with two attached hydrogens (primary N) is 1. The van der Waals surface area contributed by atoms with E-state index in [1.54, 1.807) is 0 Å². The molecule has 0 aromatic heterocycles. The van der Waals surface area contributed by atoms with Crippen LogP contribution >= 0.6 is 0 Å². The molecule has 1 unspecified atom stereocenters. The number of hydrogen-bond donors (Lipinski definition) is 1. The third kappa shape index (κ3) is 3.71. The van der Waals surface area contributed by atoms with Gasteiger partial charge in [0.2, 0.25) is 0 Å². The van der Waals surface area contributed by atoms with E-state index in [0.717, 1.165) is 18.8 Å². The Balaban J connectivity index is 2.35. The van der Waals surface area contributed by atoms with Crippen molar-refractivity contribution in [1.82, 2.24) is 0 Å². The second-order valence-corrected chi connectivity index (χ2v) is 5.31. The van der Waals surface area contributed by atoms with E-state index in [2.05, 4.69) is 6.92 Å². The van der Waals surface area contributed by atoms with Gasteiger partial charge in [0, 0.05) is 0 Å². The van der Waals surface area contributed by atoms with E-state index in [-0.39, 0.29) is 0 Å². The molecule has 1 aliphatic carbocycles. The van der Waals surface area contributed by atoms with Crippen LogP contribution in [-0.4, -0.2) is 12.0 Å². The zero-order valence-corrected chi connectivity index (χ0v) is 9.81. The number of rotatable bonds is 4. The van der Waals surface area contributed by atoms with Gasteiger partial charge in [-0.25, -0.2) is 8.78 Å². The van der Waals surface area contributed by atoms with Gasteiger partial charge in [-0.2, -0.15) is 0 Å². The third-order valence-electron chi connectivity index (χ3n) is 3.77. The number of alkyl halides is 2. The van der Waals surface area contributed by atoms with Gasteiger partial charge in [0.15, 0.2) is 0 Å².